The van der Waals surface area contributed by atoms with Crippen molar-refractivity contribution in [2.24, 2.45) is 0 Å². The van der Waals surface area contributed by atoms with Gasteiger partial charge in [-0.3, -0.25) is 0 Å². The highest BCUT2D eigenvalue weighted by atomic mass is 79.9. The lowest BCUT2D eigenvalue weighted by atomic mass is 10.2. The summed E-state index contributed by atoms with van der Waals surface area (Å²) >= 11 is 6.91. The fourth-order valence-electron chi connectivity index (χ4n) is 2.31. The summed E-state index contributed by atoms with van der Waals surface area (Å²) in [6.45, 7) is 0. The zero-order valence-electron chi connectivity index (χ0n) is 11.4. The van der Waals surface area contributed by atoms with Gasteiger partial charge in [-0.1, -0.05) is 40.2 Å². The van der Waals surface area contributed by atoms with E-state index in [1.54, 1.807) is 22.7 Å². The van der Waals surface area contributed by atoms with Crippen molar-refractivity contribution >= 4 is 38.6 Å². The number of benzene rings is 1. The summed E-state index contributed by atoms with van der Waals surface area (Å²) in [5, 5.41) is 4.18. The topological polar surface area (TPSA) is 28.7 Å². The van der Waals surface area contributed by atoms with Crippen molar-refractivity contribution in [1.29, 1.82) is 0 Å². The molecule has 108 valence electrons. The normalized spacial score (nSPS) is 11.0. The van der Waals surface area contributed by atoms with Gasteiger partial charge >= 0.3 is 0 Å². The summed E-state index contributed by atoms with van der Waals surface area (Å²) in [6, 6.07) is 16.6. The Morgan fingerprint density at radius 3 is 2.18 bits per heavy atom. The SMILES string of the molecule is Brc1ccc(-c2nc(-c3cccs3)c(-c3cccs3)[nH]2)cc1. The Morgan fingerprint density at radius 2 is 1.55 bits per heavy atom. The van der Waals surface area contributed by atoms with Crippen LogP contribution in [-0.2, 0) is 0 Å². The minimum atomic E-state index is 0.902. The number of nitrogens with one attached hydrogen (secondary N) is 1. The van der Waals surface area contributed by atoms with E-state index in [-0.39, 0.29) is 0 Å². The first-order chi connectivity index (χ1) is 10.8. The quantitative estimate of drug-likeness (QED) is 0.439. The summed E-state index contributed by atoms with van der Waals surface area (Å²) in [7, 11) is 0. The average molecular weight is 387 g/mol. The van der Waals surface area contributed by atoms with Crippen molar-refractivity contribution in [3.05, 3.63) is 63.8 Å². The average Bonchev–Trinajstić information content (AvgIpc) is 3.27. The van der Waals surface area contributed by atoms with Crippen LogP contribution in [0.2, 0.25) is 0 Å². The van der Waals surface area contributed by atoms with Gasteiger partial charge in [0, 0.05) is 10.0 Å². The van der Waals surface area contributed by atoms with Gasteiger partial charge in [0.15, 0.2) is 0 Å². The van der Waals surface area contributed by atoms with E-state index >= 15 is 0 Å². The molecule has 0 aliphatic carbocycles. The van der Waals surface area contributed by atoms with Crippen molar-refractivity contribution in [1.82, 2.24) is 9.97 Å². The van der Waals surface area contributed by atoms with Gasteiger partial charge in [-0.2, -0.15) is 0 Å². The number of nitrogens with zero attached hydrogens (tertiary/aromatic N) is 1. The molecule has 0 aliphatic rings. The van der Waals surface area contributed by atoms with Crippen molar-refractivity contribution in [2.75, 3.05) is 0 Å². The van der Waals surface area contributed by atoms with E-state index in [2.05, 4.69) is 68.1 Å². The number of hydrogen-bond donors (Lipinski definition) is 1. The number of thiophene rings is 2. The van der Waals surface area contributed by atoms with Crippen LogP contribution in [-0.4, -0.2) is 9.97 Å². The van der Waals surface area contributed by atoms with Crippen molar-refractivity contribution in [3.8, 4) is 32.5 Å². The number of halogens is 1. The molecule has 0 unspecified atom stereocenters. The summed E-state index contributed by atoms with van der Waals surface area (Å²) in [5.74, 6) is 0.902. The predicted octanol–water partition coefficient (Wildman–Crippen LogP) is 6.30. The van der Waals surface area contributed by atoms with Crippen LogP contribution in [0.5, 0.6) is 0 Å². The Labute approximate surface area is 144 Å². The van der Waals surface area contributed by atoms with Crippen LogP contribution in [0.15, 0.2) is 63.8 Å². The van der Waals surface area contributed by atoms with Crippen molar-refractivity contribution in [3.63, 3.8) is 0 Å². The van der Waals surface area contributed by atoms with Crippen LogP contribution < -0.4 is 0 Å². The van der Waals surface area contributed by atoms with Gasteiger partial charge in [0.1, 0.15) is 11.5 Å². The number of H-pyrrole nitrogens is 1. The fourth-order valence-corrected chi connectivity index (χ4v) is 4.02. The van der Waals surface area contributed by atoms with E-state index in [0.717, 1.165) is 27.2 Å². The number of imidazole rings is 1. The van der Waals surface area contributed by atoms with Gasteiger partial charge < -0.3 is 4.98 Å². The fraction of sp³-hybridized carbons (Fsp3) is 0. The molecule has 5 heteroatoms. The molecule has 0 saturated heterocycles. The van der Waals surface area contributed by atoms with Gasteiger partial charge in [0.25, 0.3) is 0 Å². The van der Waals surface area contributed by atoms with E-state index in [0.29, 0.717) is 0 Å². The lowest BCUT2D eigenvalue weighted by molar-refractivity contribution is 1.31. The molecule has 1 aromatic carbocycles. The van der Waals surface area contributed by atoms with Crippen LogP contribution in [0.4, 0.5) is 0 Å². The molecule has 3 heterocycles. The van der Waals surface area contributed by atoms with E-state index in [1.807, 2.05) is 12.1 Å². The third-order valence-electron chi connectivity index (χ3n) is 3.34. The Bertz CT molecular complexity index is 824. The highest BCUT2D eigenvalue weighted by Gasteiger charge is 2.16. The van der Waals surface area contributed by atoms with Crippen LogP contribution >= 0.6 is 38.6 Å². The van der Waals surface area contributed by atoms with E-state index in [4.69, 9.17) is 4.98 Å². The maximum Gasteiger partial charge on any atom is 0.138 e. The van der Waals surface area contributed by atoms with Gasteiger partial charge in [0.05, 0.1) is 15.4 Å². The van der Waals surface area contributed by atoms with E-state index in [9.17, 15) is 0 Å². The Hall–Kier alpha value is -1.69. The molecule has 4 aromatic rings. The second kappa shape index (κ2) is 5.83. The molecule has 4 rings (SSSR count). The summed E-state index contributed by atoms with van der Waals surface area (Å²) in [6.07, 6.45) is 0. The summed E-state index contributed by atoms with van der Waals surface area (Å²) < 4.78 is 1.07. The third-order valence-corrected chi connectivity index (χ3v) is 5.64. The molecular weight excluding hydrogens is 376 g/mol. The molecule has 3 aromatic heterocycles. The van der Waals surface area contributed by atoms with Crippen molar-refractivity contribution in [2.45, 2.75) is 0 Å². The molecule has 0 atom stereocenters. The Kier molecular flexibility index (Phi) is 3.70. The molecule has 22 heavy (non-hydrogen) atoms. The first-order valence-corrected chi connectivity index (χ1v) is 9.30. The molecule has 0 amide bonds. The number of rotatable bonds is 3. The van der Waals surface area contributed by atoms with Crippen LogP contribution in [0.1, 0.15) is 0 Å². The molecular formula is C17H11BrN2S2. The standard InChI is InChI=1S/C17H11BrN2S2/c18-12-7-5-11(6-8-12)17-19-15(13-3-1-9-21-13)16(20-17)14-4-2-10-22-14/h1-10H,(H,19,20). The first kappa shape index (κ1) is 13.9. The van der Waals surface area contributed by atoms with Gasteiger partial charge in [-0.25, -0.2) is 4.98 Å². The van der Waals surface area contributed by atoms with Crippen molar-refractivity contribution < 1.29 is 0 Å². The molecule has 0 bridgehead atoms. The molecule has 2 nitrogen and oxygen atoms in total. The largest absolute Gasteiger partial charge is 0.337 e. The maximum atomic E-state index is 4.85. The molecule has 0 fully saturated rings. The highest BCUT2D eigenvalue weighted by molar-refractivity contribution is 9.10. The van der Waals surface area contributed by atoms with Crippen LogP contribution in [0.3, 0.4) is 0 Å². The molecule has 0 saturated carbocycles. The van der Waals surface area contributed by atoms with Crippen LogP contribution in [0, 0.1) is 0 Å². The maximum absolute atomic E-state index is 4.85. The monoisotopic (exact) mass is 386 g/mol. The minimum Gasteiger partial charge on any atom is -0.337 e. The zero-order chi connectivity index (χ0) is 14.9. The van der Waals surface area contributed by atoms with Crippen LogP contribution in [0.25, 0.3) is 32.5 Å². The lowest BCUT2D eigenvalue weighted by Crippen LogP contribution is -1.79. The van der Waals surface area contributed by atoms with Gasteiger partial charge in [-0.05, 0) is 35.0 Å². The molecule has 0 aliphatic heterocycles. The smallest absolute Gasteiger partial charge is 0.138 e. The molecule has 0 spiro atoms. The van der Waals surface area contributed by atoms with E-state index in [1.165, 1.54) is 9.75 Å². The minimum absolute atomic E-state index is 0.902. The second-order valence-electron chi connectivity index (χ2n) is 4.77. The van der Waals surface area contributed by atoms with E-state index < -0.39 is 0 Å². The second-order valence-corrected chi connectivity index (χ2v) is 7.58. The number of hydrogen-bond acceptors (Lipinski definition) is 3. The Balaban J connectivity index is 1.88. The highest BCUT2D eigenvalue weighted by Crippen LogP contribution is 2.37. The van der Waals surface area contributed by atoms with Gasteiger partial charge in [-0.15, -0.1) is 22.7 Å². The summed E-state index contributed by atoms with van der Waals surface area (Å²) in [5.41, 5.74) is 3.20. The first-order valence-electron chi connectivity index (χ1n) is 6.75. The molecule has 0 radical (unpaired) electrons. The number of aromatic amines is 1. The molecule has 1 N–H and O–H groups in total. The third kappa shape index (κ3) is 2.56. The summed E-state index contributed by atoms with van der Waals surface area (Å²) in [4.78, 5) is 10.7. The Morgan fingerprint density at radius 1 is 0.864 bits per heavy atom. The number of aromatic nitrogens is 2. The predicted molar refractivity (Wildman–Crippen MR) is 98.3 cm³/mol. The lowest BCUT2D eigenvalue weighted by Gasteiger charge is -1.97. The zero-order valence-corrected chi connectivity index (χ0v) is 14.6. The van der Waals surface area contributed by atoms with Gasteiger partial charge in [0.2, 0.25) is 0 Å².